The molecule has 0 aromatic heterocycles. The Balaban J connectivity index is 2.86. The van der Waals surface area contributed by atoms with Gasteiger partial charge in [0.15, 0.2) is 0 Å². The van der Waals surface area contributed by atoms with Gasteiger partial charge in [0.05, 0.1) is 0 Å². The van der Waals surface area contributed by atoms with Crippen molar-refractivity contribution in [2.45, 2.75) is 58.3 Å². The number of aliphatic carboxylic acids is 1. The van der Waals surface area contributed by atoms with Crippen LogP contribution in [0, 0.1) is 0 Å². The minimum Gasteiger partial charge on any atom is -0.481 e. The van der Waals surface area contributed by atoms with E-state index in [-0.39, 0.29) is 0 Å². The molecule has 0 fully saturated rings. The molecule has 0 aliphatic heterocycles. The quantitative estimate of drug-likeness (QED) is 0.569. The van der Waals surface area contributed by atoms with Crippen LogP contribution in [0.5, 0.6) is 0 Å². The van der Waals surface area contributed by atoms with E-state index in [0.717, 1.165) is 12.8 Å². The molecular formula is C10H20O2. The van der Waals surface area contributed by atoms with Crippen LogP contribution in [0.15, 0.2) is 0 Å². The SMILES string of the molecule is [11CH3]CCCCCCCCC(=O)O. The van der Waals surface area contributed by atoms with Crippen molar-refractivity contribution in [3.63, 3.8) is 0 Å². The highest BCUT2D eigenvalue weighted by molar-refractivity contribution is 5.66. The zero-order valence-electron chi connectivity index (χ0n) is 8.01. The van der Waals surface area contributed by atoms with Crippen LogP contribution in [-0.2, 0) is 4.79 Å². The summed E-state index contributed by atoms with van der Waals surface area (Å²) in [5.74, 6) is -0.663. The first-order valence-corrected chi connectivity index (χ1v) is 4.99. The summed E-state index contributed by atoms with van der Waals surface area (Å²) in [7, 11) is 0. The number of rotatable bonds is 8. The van der Waals surface area contributed by atoms with Crippen LogP contribution >= 0.6 is 0 Å². The normalized spacial score (nSPS) is 10.1. The van der Waals surface area contributed by atoms with Crippen LogP contribution in [0.3, 0.4) is 0 Å². The van der Waals surface area contributed by atoms with E-state index in [9.17, 15) is 4.79 Å². The molecule has 12 heavy (non-hydrogen) atoms. The van der Waals surface area contributed by atoms with Crippen LogP contribution in [-0.4, -0.2) is 11.1 Å². The summed E-state index contributed by atoms with van der Waals surface area (Å²) in [6.45, 7) is 2.20. The Kier molecular flexibility index (Phi) is 8.19. The van der Waals surface area contributed by atoms with Crippen molar-refractivity contribution in [3.05, 3.63) is 0 Å². The molecule has 0 aliphatic carbocycles. The van der Waals surface area contributed by atoms with Crippen LogP contribution in [0.25, 0.3) is 0 Å². The third-order valence-corrected chi connectivity index (χ3v) is 1.99. The molecule has 0 spiro atoms. The Bertz CT molecular complexity index is 110. The van der Waals surface area contributed by atoms with E-state index in [2.05, 4.69) is 6.92 Å². The van der Waals surface area contributed by atoms with Crippen LogP contribution in [0.4, 0.5) is 0 Å². The lowest BCUT2D eigenvalue weighted by atomic mass is 10.0. The topological polar surface area (TPSA) is 37.3 Å². The summed E-state index contributed by atoms with van der Waals surface area (Å²) < 4.78 is 0. The van der Waals surface area contributed by atoms with Crippen molar-refractivity contribution in [1.29, 1.82) is 0 Å². The number of carbonyl (C=O) groups is 1. The Labute approximate surface area is 75.0 Å². The van der Waals surface area contributed by atoms with Crippen molar-refractivity contribution >= 4 is 5.97 Å². The molecule has 72 valence electrons. The lowest BCUT2D eigenvalue weighted by molar-refractivity contribution is -0.137. The van der Waals surface area contributed by atoms with Gasteiger partial charge in [-0.25, -0.2) is 0 Å². The molecule has 0 aromatic rings. The molecule has 0 unspecified atom stereocenters. The highest BCUT2D eigenvalue weighted by Crippen LogP contribution is 2.07. The van der Waals surface area contributed by atoms with Gasteiger partial charge >= 0.3 is 5.97 Å². The summed E-state index contributed by atoms with van der Waals surface area (Å²) in [5, 5.41) is 8.35. The molecule has 0 rings (SSSR count). The van der Waals surface area contributed by atoms with Crippen LogP contribution in [0.2, 0.25) is 0 Å². The van der Waals surface area contributed by atoms with Crippen molar-refractivity contribution in [2.75, 3.05) is 0 Å². The molecule has 0 saturated heterocycles. The number of carboxylic acids is 1. The van der Waals surface area contributed by atoms with E-state index in [1.54, 1.807) is 0 Å². The fourth-order valence-electron chi connectivity index (χ4n) is 1.23. The molecule has 0 aromatic carbocycles. The van der Waals surface area contributed by atoms with Gasteiger partial charge in [-0.3, -0.25) is 4.79 Å². The van der Waals surface area contributed by atoms with E-state index in [1.807, 2.05) is 0 Å². The van der Waals surface area contributed by atoms with Gasteiger partial charge in [0.25, 0.3) is 0 Å². The molecule has 0 radical (unpaired) electrons. The Morgan fingerprint density at radius 3 is 2.00 bits per heavy atom. The minimum atomic E-state index is -0.663. The maximum absolute atomic E-state index is 10.1. The molecule has 1 N–H and O–H groups in total. The monoisotopic (exact) mass is 171 g/mol. The van der Waals surface area contributed by atoms with Gasteiger partial charge in [0, 0.05) is 6.42 Å². The standard InChI is InChI=1S/C10H20O2/c1-2-3-4-5-6-7-8-9-10(11)12/h2-9H2,1H3,(H,11,12)/i1-1. The number of hydrogen-bond donors (Lipinski definition) is 1. The van der Waals surface area contributed by atoms with Gasteiger partial charge in [0.2, 0.25) is 0 Å². The average Bonchev–Trinajstić information content (AvgIpc) is 2.02. The van der Waals surface area contributed by atoms with Gasteiger partial charge in [-0.2, -0.15) is 0 Å². The average molecular weight is 171 g/mol. The zero-order valence-corrected chi connectivity index (χ0v) is 8.01. The molecule has 0 saturated carbocycles. The van der Waals surface area contributed by atoms with E-state index in [1.165, 1.54) is 32.1 Å². The van der Waals surface area contributed by atoms with E-state index < -0.39 is 5.97 Å². The third kappa shape index (κ3) is 9.47. The Hall–Kier alpha value is -0.530. The van der Waals surface area contributed by atoms with Crippen molar-refractivity contribution < 1.29 is 9.90 Å². The molecule has 0 bridgehead atoms. The predicted octanol–water partition coefficient (Wildman–Crippen LogP) is 3.21. The number of hydrogen-bond acceptors (Lipinski definition) is 1. The Morgan fingerprint density at radius 2 is 1.50 bits per heavy atom. The Morgan fingerprint density at radius 1 is 1.00 bits per heavy atom. The van der Waals surface area contributed by atoms with Crippen molar-refractivity contribution in [1.82, 2.24) is 0 Å². The summed E-state index contributed by atoms with van der Waals surface area (Å²) in [6.07, 6.45) is 8.64. The molecule has 0 amide bonds. The summed E-state index contributed by atoms with van der Waals surface area (Å²) in [5.41, 5.74) is 0. The van der Waals surface area contributed by atoms with E-state index >= 15 is 0 Å². The zero-order chi connectivity index (χ0) is 9.23. The molecular weight excluding hydrogens is 151 g/mol. The molecule has 0 aliphatic rings. The van der Waals surface area contributed by atoms with Gasteiger partial charge in [0.1, 0.15) is 0 Å². The fraction of sp³-hybridized carbons (Fsp3) is 0.900. The lowest BCUT2D eigenvalue weighted by Gasteiger charge is -1.98. The van der Waals surface area contributed by atoms with E-state index in [0.29, 0.717) is 6.42 Å². The summed E-state index contributed by atoms with van der Waals surface area (Å²) >= 11 is 0. The first kappa shape index (κ1) is 11.5. The maximum Gasteiger partial charge on any atom is 0.303 e. The largest absolute Gasteiger partial charge is 0.481 e. The molecule has 0 atom stereocenters. The fourth-order valence-corrected chi connectivity index (χ4v) is 1.23. The van der Waals surface area contributed by atoms with Crippen molar-refractivity contribution in [3.8, 4) is 0 Å². The van der Waals surface area contributed by atoms with E-state index in [4.69, 9.17) is 5.11 Å². The van der Waals surface area contributed by atoms with Gasteiger partial charge in [-0.1, -0.05) is 45.4 Å². The smallest absolute Gasteiger partial charge is 0.303 e. The third-order valence-electron chi connectivity index (χ3n) is 1.99. The predicted molar refractivity (Wildman–Crippen MR) is 50.2 cm³/mol. The second-order valence-electron chi connectivity index (χ2n) is 3.27. The van der Waals surface area contributed by atoms with Crippen molar-refractivity contribution in [2.24, 2.45) is 0 Å². The highest BCUT2D eigenvalue weighted by Gasteiger charge is 1.95. The second-order valence-corrected chi connectivity index (χ2v) is 3.27. The molecule has 2 heteroatoms. The number of unbranched alkanes of at least 4 members (excludes halogenated alkanes) is 6. The van der Waals surface area contributed by atoms with Crippen LogP contribution < -0.4 is 0 Å². The molecule has 0 heterocycles. The summed E-state index contributed by atoms with van der Waals surface area (Å²) in [6, 6.07) is 0. The second kappa shape index (κ2) is 8.57. The molecule has 2 nitrogen and oxygen atoms in total. The van der Waals surface area contributed by atoms with Gasteiger partial charge in [-0.05, 0) is 6.42 Å². The first-order chi connectivity index (χ1) is 5.77. The minimum absolute atomic E-state index is 0.341. The van der Waals surface area contributed by atoms with Gasteiger partial charge in [-0.15, -0.1) is 0 Å². The van der Waals surface area contributed by atoms with Gasteiger partial charge < -0.3 is 5.11 Å². The number of carboxylic acid groups (broad SMARTS) is 1. The first-order valence-electron chi connectivity index (χ1n) is 4.99. The highest BCUT2D eigenvalue weighted by atomic mass is 16.4. The van der Waals surface area contributed by atoms with Crippen LogP contribution in [0.1, 0.15) is 58.3 Å². The maximum atomic E-state index is 10.1. The summed E-state index contributed by atoms with van der Waals surface area (Å²) in [4.78, 5) is 10.1. The lowest BCUT2D eigenvalue weighted by Crippen LogP contribution is -1.93.